The largest absolute Gasteiger partial charge is 0.478 e. The SMILES string of the molecule is NCC1CCCN1c1cncc(C(=O)O)c1. The molecule has 2 heterocycles. The van der Waals surface area contributed by atoms with E-state index in [4.69, 9.17) is 10.8 Å². The molecule has 0 spiro atoms. The number of carbonyl (C=O) groups is 1. The predicted molar refractivity (Wildman–Crippen MR) is 60.6 cm³/mol. The fraction of sp³-hybridized carbons (Fsp3) is 0.455. The van der Waals surface area contributed by atoms with Gasteiger partial charge in [0.25, 0.3) is 0 Å². The molecule has 1 atom stereocenters. The molecular formula is C11H15N3O2. The lowest BCUT2D eigenvalue weighted by atomic mass is 10.2. The summed E-state index contributed by atoms with van der Waals surface area (Å²) < 4.78 is 0. The highest BCUT2D eigenvalue weighted by molar-refractivity contribution is 5.88. The van der Waals surface area contributed by atoms with Gasteiger partial charge in [0.2, 0.25) is 0 Å². The van der Waals surface area contributed by atoms with Crippen molar-refractivity contribution >= 4 is 11.7 Å². The summed E-state index contributed by atoms with van der Waals surface area (Å²) in [5, 5.41) is 8.89. The molecular weight excluding hydrogens is 206 g/mol. The zero-order chi connectivity index (χ0) is 11.5. The van der Waals surface area contributed by atoms with Crippen molar-refractivity contribution in [3.8, 4) is 0 Å². The lowest BCUT2D eigenvalue weighted by molar-refractivity contribution is 0.0696. The molecule has 1 aromatic heterocycles. The molecule has 1 aliphatic rings. The van der Waals surface area contributed by atoms with Crippen molar-refractivity contribution in [1.29, 1.82) is 0 Å². The molecule has 86 valence electrons. The molecule has 5 nitrogen and oxygen atoms in total. The number of carboxylic acids is 1. The van der Waals surface area contributed by atoms with Gasteiger partial charge in [-0.3, -0.25) is 4.98 Å². The zero-order valence-corrected chi connectivity index (χ0v) is 8.97. The molecule has 1 aliphatic heterocycles. The maximum atomic E-state index is 10.8. The average Bonchev–Trinajstić information content (AvgIpc) is 2.77. The van der Waals surface area contributed by atoms with Crippen LogP contribution in [0.4, 0.5) is 5.69 Å². The van der Waals surface area contributed by atoms with Gasteiger partial charge in [-0.25, -0.2) is 4.79 Å². The molecule has 1 aromatic rings. The van der Waals surface area contributed by atoms with E-state index in [1.54, 1.807) is 12.3 Å². The number of hydrogen-bond acceptors (Lipinski definition) is 4. The second kappa shape index (κ2) is 4.49. The quantitative estimate of drug-likeness (QED) is 0.785. The minimum absolute atomic E-state index is 0.222. The Bertz CT molecular complexity index is 395. The van der Waals surface area contributed by atoms with E-state index in [0.29, 0.717) is 12.6 Å². The summed E-state index contributed by atoms with van der Waals surface area (Å²) in [5.74, 6) is -0.946. The van der Waals surface area contributed by atoms with Crippen LogP contribution in [0, 0.1) is 0 Å². The van der Waals surface area contributed by atoms with Crippen LogP contribution in [0.2, 0.25) is 0 Å². The van der Waals surface area contributed by atoms with E-state index in [1.165, 1.54) is 6.20 Å². The van der Waals surface area contributed by atoms with E-state index in [0.717, 1.165) is 25.1 Å². The zero-order valence-electron chi connectivity index (χ0n) is 8.97. The van der Waals surface area contributed by atoms with Gasteiger partial charge in [0, 0.05) is 25.3 Å². The second-order valence-electron chi connectivity index (χ2n) is 3.96. The predicted octanol–water partition coefficient (Wildman–Crippen LogP) is 0.707. The topological polar surface area (TPSA) is 79.5 Å². The second-order valence-corrected chi connectivity index (χ2v) is 3.96. The Morgan fingerprint density at radius 2 is 2.44 bits per heavy atom. The van der Waals surface area contributed by atoms with Gasteiger partial charge in [0.1, 0.15) is 0 Å². The summed E-state index contributed by atoms with van der Waals surface area (Å²) >= 11 is 0. The fourth-order valence-electron chi connectivity index (χ4n) is 2.12. The van der Waals surface area contributed by atoms with Crippen molar-refractivity contribution < 1.29 is 9.90 Å². The van der Waals surface area contributed by atoms with E-state index in [2.05, 4.69) is 9.88 Å². The summed E-state index contributed by atoms with van der Waals surface area (Å²) in [4.78, 5) is 16.9. The summed E-state index contributed by atoms with van der Waals surface area (Å²) in [5.41, 5.74) is 6.76. The van der Waals surface area contributed by atoms with Crippen molar-refractivity contribution in [2.75, 3.05) is 18.0 Å². The molecule has 16 heavy (non-hydrogen) atoms. The van der Waals surface area contributed by atoms with E-state index >= 15 is 0 Å². The number of rotatable bonds is 3. The number of aromatic carboxylic acids is 1. The first kappa shape index (κ1) is 10.9. The number of nitrogens with zero attached hydrogens (tertiary/aromatic N) is 2. The molecule has 0 bridgehead atoms. The first-order valence-electron chi connectivity index (χ1n) is 5.37. The standard InChI is InChI=1S/C11H15N3O2/c12-5-9-2-1-3-14(9)10-4-8(11(15)16)6-13-7-10/h4,6-7,9H,1-3,5,12H2,(H,15,16). The third-order valence-electron chi connectivity index (χ3n) is 2.95. The van der Waals surface area contributed by atoms with Gasteiger partial charge in [-0.2, -0.15) is 0 Å². The lowest BCUT2D eigenvalue weighted by Gasteiger charge is -2.25. The Labute approximate surface area is 93.9 Å². The smallest absolute Gasteiger partial charge is 0.337 e. The van der Waals surface area contributed by atoms with Gasteiger partial charge in [0.15, 0.2) is 0 Å². The Kier molecular flexibility index (Phi) is 3.05. The fourth-order valence-corrected chi connectivity index (χ4v) is 2.12. The molecule has 2 rings (SSSR count). The van der Waals surface area contributed by atoms with Crippen LogP contribution in [0.3, 0.4) is 0 Å². The van der Waals surface area contributed by atoms with E-state index in [-0.39, 0.29) is 5.56 Å². The van der Waals surface area contributed by atoms with E-state index in [1.807, 2.05) is 0 Å². The summed E-state index contributed by atoms with van der Waals surface area (Å²) in [6.07, 6.45) is 5.22. The van der Waals surface area contributed by atoms with Crippen molar-refractivity contribution in [3.05, 3.63) is 24.0 Å². The first-order valence-corrected chi connectivity index (χ1v) is 5.37. The molecule has 0 saturated carbocycles. The van der Waals surface area contributed by atoms with Gasteiger partial charge in [-0.1, -0.05) is 0 Å². The van der Waals surface area contributed by atoms with Crippen LogP contribution in [0.5, 0.6) is 0 Å². The Hall–Kier alpha value is -1.62. The Morgan fingerprint density at radius 1 is 1.62 bits per heavy atom. The molecule has 0 radical (unpaired) electrons. The van der Waals surface area contributed by atoms with Crippen LogP contribution in [0.25, 0.3) is 0 Å². The number of nitrogens with two attached hydrogens (primary N) is 1. The van der Waals surface area contributed by atoms with E-state index < -0.39 is 5.97 Å². The third kappa shape index (κ3) is 1.99. The maximum Gasteiger partial charge on any atom is 0.337 e. The minimum Gasteiger partial charge on any atom is -0.478 e. The monoisotopic (exact) mass is 221 g/mol. The van der Waals surface area contributed by atoms with Crippen molar-refractivity contribution in [3.63, 3.8) is 0 Å². The molecule has 0 aliphatic carbocycles. The molecule has 0 aromatic carbocycles. The van der Waals surface area contributed by atoms with Gasteiger partial charge in [-0.15, -0.1) is 0 Å². The van der Waals surface area contributed by atoms with Crippen LogP contribution in [-0.2, 0) is 0 Å². The van der Waals surface area contributed by atoms with Crippen molar-refractivity contribution in [1.82, 2.24) is 4.98 Å². The number of aromatic nitrogens is 1. The Morgan fingerprint density at radius 3 is 3.12 bits per heavy atom. The highest BCUT2D eigenvalue weighted by Crippen LogP contribution is 2.24. The van der Waals surface area contributed by atoms with Crippen LogP contribution in [0.1, 0.15) is 23.2 Å². The normalized spacial score (nSPS) is 20.1. The number of carboxylic acid groups (broad SMARTS) is 1. The summed E-state index contributed by atoms with van der Waals surface area (Å²) in [6.45, 7) is 1.52. The first-order chi connectivity index (χ1) is 7.72. The van der Waals surface area contributed by atoms with Crippen LogP contribution < -0.4 is 10.6 Å². The maximum absolute atomic E-state index is 10.8. The van der Waals surface area contributed by atoms with Gasteiger partial charge < -0.3 is 15.7 Å². The minimum atomic E-state index is -0.946. The lowest BCUT2D eigenvalue weighted by Crippen LogP contribution is -2.35. The molecule has 0 amide bonds. The highest BCUT2D eigenvalue weighted by Gasteiger charge is 2.24. The van der Waals surface area contributed by atoms with Crippen LogP contribution in [0.15, 0.2) is 18.5 Å². The highest BCUT2D eigenvalue weighted by atomic mass is 16.4. The summed E-state index contributed by atoms with van der Waals surface area (Å²) in [7, 11) is 0. The molecule has 1 saturated heterocycles. The average molecular weight is 221 g/mol. The van der Waals surface area contributed by atoms with Crippen molar-refractivity contribution in [2.45, 2.75) is 18.9 Å². The van der Waals surface area contributed by atoms with Crippen LogP contribution in [-0.4, -0.2) is 35.2 Å². The molecule has 3 N–H and O–H groups in total. The summed E-state index contributed by atoms with van der Waals surface area (Å²) in [6, 6.07) is 1.97. The van der Waals surface area contributed by atoms with Gasteiger partial charge in [-0.05, 0) is 18.9 Å². The molecule has 1 unspecified atom stereocenters. The van der Waals surface area contributed by atoms with Crippen LogP contribution >= 0.6 is 0 Å². The number of hydrogen-bond donors (Lipinski definition) is 2. The van der Waals surface area contributed by atoms with E-state index in [9.17, 15) is 4.79 Å². The molecule has 1 fully saturated rings. The van der Waals surface area contributed by atoms with Gasteiger partial charge in [0.05, 0.1) is 17.4 Å². The van der Waals surface area contributed by atoms with Gasteiger partial charge >= 0.3 is 5.97 Å². The number of pyridine rings is 1. The third-order valence-corrected chi connectivity index (χ3v) is 2.95. The number of anilines is 1. The Balaban J connectivity index is 2.26. The van der Waals surface area contributed by atoms with Crippen molar-refractivity contribution in [2.24, 2.45) is 5.73 Å². The molecule has 5 heteroatoms.